The smallest absolute Gasteiger partial charge is 0.242 e. The fourth-order valence-corrected chi connectivity index (χ4v) is 5.02. The van der Waals surface area contributed by atoms with Crippen LogP contribution in [0.1, 0.15) is 110 Å². The summed E-state index contributed by atoms with van der Waals surface area (Å²) >= 11 is 0. The van der Waals surface area contributed by atoms with Gasteiger partial charge in [-0.3, -0.25) is 4.79 Å². The van der Waals surface area contributed by atoms with Crippen molar-refractivity contribution in [3.63, 3.8) is 0 Å². The van der Waals surface area contributed by atoms with Gasteiger partial charge in [-0.1, -0.05) is 95.4 Å². The van der Waals surface area contributed by atoms with Crippen LogP contribution in [0.3, 0.4) is 0 Å². The van der Waals surface area contributed by atoms with Crippen LogP contribution in [0.25, 0.3) is 0 Å². The molecule has 0 saturated heterocycles. The van der Waals surface area contributed by atoms with E-state index in [4.69, 9.17) is 16.4 Å². The van der Waals surface area contributed by atoms with Gasteiger partial charge in [-0.25, -0.2) is 0 Å². The summed E-state index contributed by atoms with van der Waals surface area (Å²) < 4.78 is 0. The van der Waals surface area contributed by atoms with E-state index in [1.54, 1.807) is 16.5 Å². The van der Waals surface area contributed by atoms with Gasteiger partial charge in [-0.05, 0) is 81.5 Å². The molecule has 2 aliphatic rings. The molecule has 4 N–H and O–H groups in total. The third-order valence-corrected chi connectivity index (χ3v) is 7.36. The Balaban J connectivity index is 0.00000119. The molecule has 2 aromatic carbocycles. The normalized spacial score (nSPS) is 14.6. The summed E-state index contributed by atoms with van der Waals surface area (Å²) in [6.07, 6.45) is 12.1. The zero-order valence-corrected chi connectivity index (χ0v) is 27.4. The van der Waals surface area contributed by atoms with Crippen LogP contribution in [0, 0.1) is 22.7 Å². The van der Waals surface area contributed by atoms with E-state index >= 15 is 0 Å². The van der Waals surface area contributed by atoms with Crippen LogP contribution in [-0.4, -0.2) is 30.1 Å². The van der Waals surface area contributed by atoms with Gasteiger partial charge < -0.3 is 21.4 Å². The predicted octanol–water partition coefficient (Wildman–Crippen LogP) is 8.86. The highest BCUT2D eigenvalue weighted by molar-refractivity contribution is 5.85. The number of benzene rings is 2. The number of hydrogen-bond acceptors (Lipinski definition) is 5. The molecule has 6 heteroatoms. The van der Waals surface area contributed by atoms with E-state index in [1.165, 1.54) is 44.9 Å². The van der Waals surface area contributed by atoms with Crippen LogP contribution in [0.5, 0.6) is 0 Å². The maximum Gasteiger partial charge on any atom is 0.242 e. The fourth-order valence-electron chi connectivity index (χ4n) is 5.02. The summed E-state index contributed by atoms with van der Waals surface area (Å²) in [5.41, 5.74) is 11.0. The van der Waals surface area contributed by atoms with Gasteiger partial charge in [0.25, 0.3) is 0 Å². The molecule has 0 aliphatic heterocycles. The van der Waals surface area contributed by atoms with Crippen molar-refractivity contribution >= 4 is 18.3 Å². The first kappa shape index (κ1) is 38.6. The first-order valence-electron chi connectivity index (χ1n) is 15.7. The molecular weight excluding hydrogens is 518 g/mol. The second-order valence-corrected chi connectivity index (χ2v) is 10.6. The average Bonchev–Trinajstić information content (AvgIpc) is 3.51. The molecule has 2 aromatic rings. The van der Waals surface area contributed by atoms with Gasteiger partial charge in [0.15, 0.2) is 0 Å². The van der Waals surface area contributed by atoms with Crippen LogP contribution < -0.4 is 11.1 Å². The van der Waals surface area contributed by atoms with E-state index in [1.807, 2.05) is 59.9 Å². The molecule has 42 heavy (non-hydrogen) atoms. The zero-order chi connectivity index (χ0) is 32.0. The molecule has 0 heterocycles. The summed E-state index contributed by atoms with van der Waals surface area (Å²) in [7, 11) is 1.83. The lowest BCUT2D eigenvalue weighted by Gasteiger charge is -2.31. The van der Waals surface area contributed by atoms with Gasteiger partial charge in [0.05, 0.1) is 17.2 Å². The minimum atomic E-state index is -0.800. The quantitative estimate of drug-likeness (QED) is 0.216. The molecule has 0 aromatic heterocycles. The number of anilines is 1. The Morgan fingerprint density at radius 2 is 1.64 bits per heavy atom. The third kappa shape index (κ3) is 14.0. The SMILES string of the molecule is C=N.CC.CC.CC=C1CCC1.CN(Cc1ccc(CNc2cccc(C#N)c2)cc1)C(=O)C(C)(N)CC1CCCC1. The largest absolute Gasteiger partial charge is 0.381 e. The van der Waals surface area contributed by atoms with E-state index in [-0.39, 0.29) is 5.91 Å². The number of amides is 1. The first-order valence-corrected chi connectivity index (χ1v) is 15.7. The second kappa shape index (κ2) is 22.2. The molecule has 0 radical (unpaired) electrons. The van der Waals surface area contributed by atoms with Crippen molar-refractivity contribution in [2.24, 2.45) is 11.7 Å². The highest BCUT2D eigenvalue weighted by Gasteiger charge is 2.34. The minimum absolute atomic E-state index is 0.0116. The summed E-state index contributed by atoms with van der Waals surface area (Å²) in [6.45, 7) is 15.7. The monoisotopic (exact) mass is 575 g/mol. The molecular formula is C36H57N5O. The number of carbonyl (C=O) groups excluding carboxylic acids is 1. The minimum Gasteiger partial charge on any atom is -0.381 e. The Bertz CT molecular complexity index is 1070. The second-order valence-electron chi connectivity index (χ2n) is 10.6. The predicted molar refractivity (Wildman–Crippen MR) is 181 cm³/mol. The summed E-state index contributed by atoms with van der Waals surface area (Å²) in [5, 5.41) is 17.8. The van der Waals surface area contributed by atoms with Gasteiger partial charge in [-0.2, -0.15) is 5.26 Å². The molecule has 0 bridgehead atoms. The van der Waals surface area contributed by atoms with Crippen molar-refractivity contribution in [2.75, 3.05) is 12.4 Å². The molecule has 2 fully saturated rings. The van der Waals surface area contributed by atoms with E-state index in [9.17, 15) is 4.79 Å². The van der Waals surface area contributed by atoms with Crippen LogP contribution >= 0.6 is 0 Å². The van der Waals surface area contributed by atoms with E-state index < -0.39 is 5.54 Å². The van der Waals surface area contributed by atoms with Crippen molar-refractivity contribution in [3.8, 4) is 6.07 Å². The van der Waals surface area contributed by atoms with Crippen molar-refractivity contribution in [1.29, 1.82) is 10.7 Å². The topological polar surface area (TPSA) is 106 Å². The zero-order valence-electron chi connectivity index (χ0n) is 27.4. The standard InChI is InChI=1S/C25H32N4O.C6H10.2C2H6.CH3N/c1-25(27,15-19-6-3-4-7-19)24(30)29(2)18-21-12-10-20(11-13-21)17-28-23-9-5-8-22(14-23)16-26;1-2-6-4-3-5-6;3*1-2/h5,8-14,19,28H,3-4,6-7,15,17-18,27H2,1-2H3;2H,3-5H2,1H3;2*1-2H3;2H,1H2. The fraction of sp³-hybridized carbons (Fsp3) is 0.528. The van der Waals surface area contributed by atoms with Gasteiger partial charge >= 0.3 is 0 Å². The number of allylic oxidation sites excluding steroid dienone is 2. The molecule has 2 saturated carbocycles. The van der Waals surface area contributed by atoms with Crippen LogP contribution in [0.4, 0.5) is 5.69 Å². The van der Waals surface area contributed by atoms with Crippen molar-refractivity contribution in [1.82, 2.24) is 4.90 Å². The molecule has 1 amide bonds. The van der Waals surface area contributed by atoms with Crippen LogP contribution in [-0.2, 0) is 17.9 Å². The number of nitrogens with one attached hydrogen (secondary N) is 2. The maximum atomic E-state index is 12.9. The molecule has 1 unspecified atom stereocenters. The molecule has 1 atom stereocenters. The summed E-state index contributed by atoms with van der Waals surface area (Å²) in [4.78, 5) is 14.6. The maximum absolute atomic E-state index is 12.9. The Morgan fingerprint density at radius 1 is 1.07 bits per heavy atom. The number of rotatable bonds is 8. The van der Waals surface area contributed by atoms with E-state index in [2.05, 4.69) is 55.4 Å². The summed E-state index contributed by atoms with van der Waals surface area (Å²) in [6, 6.07) is 17.8. The van der Waals surface area contributed by atoms with Gasteiger partial charge in [0.2, 0.25) is 5.91 Å². The molecule has 0 spiro atoms. The molecule has 4 rings (SSSR count). The Hall–Kier alpha value is -3.43. The average molecular weight is 576 g/mol. The number of hydrogen-bond donors (Lipinski definition) is 3. The lowest BCUT2D eigenvalue weighted by atomic mass is 9.87. The Morgan fingerprint density at radius 3 is 2.12 bits per heavy atom. The van der Waals surface area contributed by atoms with Gasteiger partial charge in [0.1, 0.15) is 0 Å². The highest BCUT2D eigenvalue weighted by atomic mass is 16.2. The number of carbonyl (C=O) groups is 1. The van der Waals surface area contributed by atoms with E-state index in [0.717, 1.165) is 23.2 Å². The molecule has 232 valence electrons. The third-order valence-electron chi connectivity index (χ3n) is 7.36. The number of nitrogens with two attached hydrogens (primary N) is 1. The molecule has 2 aliphatic carbocycles. The van der Waals surface area contributed by atoms with Crippen molar-refractivity contribution in [2.45, 2.75) is 112 Å². The number of nitriles is 1. The highest BCUT2D eigenvalue weighted by Crippen LogP contribution is 2.31. The van der Waals surface area contributed by atoms with E-state index in [0.29, 0.717) is 24.6 Å². The van der Waals surface area contributed by atoms with Crippen molar-refractivity contribution in [3.05, 3.63) is 76.9 Å². The number of likely N-dealkylation sites (N-methyl/N-ethyl adjacent to an activating group) is 1. The van der Waals surface area contributed by atoms with Gasteiger partial charge in [-0.15, -0.1) is 0 Å². The first-order chi connectivity index (χ1) is 20.3. The Kier molecular flexibility index (Phi) is 20.4. The lowest BCUT2D eigenvalue weighted by Crippen LogP contribution is -2.52. The Labute approximate surface area is 256 Å². The van der Waals surface area contributed by atoms with Crippen LogP contribution in [0.2, 0.25) is 0 Å². The van der Waals surface area contributed by atoms with Crippen molar-refractivity contribution < 1.29 is 4.79 Å². The molecule has 6 nitrogen and oxygen atoms in total. The van der Waals surface area contributed by atoms with Gasteiger partial charge in [0, 0.05) is 25.8 Å². The summed E-state index contributed by atoms with van der Waals surface area (Å²) in [5.74, 6) is 0.593. The van der Waals surface area contributed by atoms with Crippen LogP contribution in [0.15, 0.2) is 60.2 Å². The lowest BCUT2D eigenvalue weighted by molar-refractivity contribution is -0.136. The number of nitrogens with zero attached hydrogens (tertiary/aromatic N) is 2.